The van der Waals surface area contributed by atoms with Crippen molar-refractivity contribution < 1.29 is 18.0 Å². The number of nitrogens with one attached hydrogen (secondary N) is 1. The lowest BCUT2D eigenvalue weighted by molar-refractivity contribution is -0.125. The van der Waals surface area contributed by atoms with Gasteiger partial charge in [-0.25, -0.2) is 8.42 Å². The summed E-state index contributed by atoms with van der Waals surface area (Å²) in [7, 11) is 1.17. The lowest BCUT2D eigenvalue weighted by atomic mass is 10.1. The number of carbonyl (C=O) groups excluding carboxylic acids is 2. The molecular formula is C17H25N3O4S. The highest BCUT2D eigenvalue weighted by Crippen LogP contribution is 2.21. The summed E-state index contributed by atoms with van der Waals surface area (Å²) >= 11 is 0. The molecule has 0 saturated carbocycles. The average molecular weight is 367 g/mol. The fourth-order valence-electron chi connectivity index (χ4n) is 2.90. The van der Waals surface area contributed by atoms with Crippen LogP contribution in [-0.4, -0.2) is 76.1 Å². The number of nitrogens with zero attached hydrogens (tertiary/aromatic N) is 2. The number of sulfone groups is 1. The van der Waals surface area contributed by atoms with Gasteiger partial charge in [-0.2, -0.15) is 0 Å². The average Bonchev–Trinajstić information content (AvgIpc) is 3.02. The Morgan fingerprint density at radius 1 is 1.24 bits per heavy atom. The Morgan fingerprint density at radius 2 is 1.88 bits per heavy atom. The van der Waals surface area contributed by atoms with Gasteiger partial charge in [0.25, 0.3) is 5.91 Å². The predicted molar refractivity (Wildman–Crippen MR) is 95.2 cm³/mol. The van der Waals surface area contributed by atoms with Crippen LogP contribution in [0.2, 0.25) is 0 Å². The van der Waals surface area contributed by atoms with Crippen LogP contribution in [-0.2, 0) is 14.6 Å². The van der Waals surface area contributed by atoms with Gasteiger partial charge in [0.05, 0.1) is 4.90 Å². The van der Waals surface area contributed by atoms with Gasteiger partial charge in [0.15, 0.2) is 9.84 Å². The van der Waals surface area contributed by atoms with E-state index >= 15 is 0 Å². The molecule has 1 saturated heterocycles. The van der Waals surface area contributed by atoms with E-state index in [9.17, 15) is 18.0 Å². The van der Waals surface area contributed by atoms with Crippen LogP contribution in [0.4, 0.5) is 0 Å². The lowest BCUT2D eigenvalue weighted by Crippen LogP contribution is -2.40. The van der Waals surface area contributed by atoms with Crippen LogP contribution in [0.3, 0.4) is 0 Å². The van der Waals surface area contributed by atoms with Crippen molar-refractivity contribution in [2.24, 2.45) is 0 Å². The van der Waals surface area contributed by atoms with Crippen LogP contribution in [0.5, 0.6) is 0 Å². The Kier molecular flexibility index (Phi) is 6.18. The maximum atomic E-state index is 12.6. The van der Waals surface area contributed by atoms with Crippen LogP contribution in [0.1, 0.15) is 23.2 Å². The van der Waals surface area contributed by atoms with Crippen molar-refractivity contribution in [3.8, 4) is 0 Å². The minimum absolute atomic E-state index is 0.0486. The summed E-state index contributed by atoms with van der Waals surface area (Å²) < 4.78 is 24.5. The van der Waals surface area contributed by atoms with E-state index in [2.05, 4.69) is 5.32 Å². The SMILES string of the molecule is CNCC1CCCN1C(=O)c1ccc(S(=O)(=O)CC(=O)N(C)C)cc1. The zero-order valence-corrected chi connectivity index (χ0v) is 15.7. The van der Waals surface area contributed by atoms with Crippen LogP contribution in [0.25, 0.3) is 0 Å². The second-order valence-corrected chi connectivity index (χ2v) is 8.41. The van der Waals surface area contributed by atoms with E-state index in [1.54, 1.807) is 0 Å². The van der Waals surface area contributed by atoms with Crippen molar-refractivity contribution in [3.63, 3.8) is 0 Å². The molecule has 0 bridgehead atoms. The first-order valence-corrected chi connectivity index (χ1v) is 9.90. The van der Waals surface area contributed by atoms with Gasteiger partial charge < -0.3 is 15.1 Å². The van der Waals surface area contributed by atoms with Gasteiger partial charge in [0, 0.05) is 38.8 Å². The zero-order chi connectivity index (χ0) is 18.6. The molecule has 7 nitrogen and oxygen atoms in total. The van der Waals surface area contributed by atoms with Crippen molar-refractivity contribution in [1.82, 2.24) is 15.1 Å². The summed E-state index contributed by atoms with van der Waals surface area (Å²) in [6.45, 7) is 1.45. The number of amides is 2. The minimum atomic E-state index is -3.71. The van der Waals surface area contributed by atoms with Gasteiger partial charge in [-0.1, -0.05) is 0 Å². The molecule has 0 aliphatic carbocycles. The third kappa shape index (κ3) is 4.58. The molecule has 0 aromatic heterocycles. The third-order valence-corrected chi connectivity index (χ3v) is 5.97. The molecule has 1 aromatic carbocycles. The molecule has 1 aliphatic rings. The van der Waals surface area contributed by atoms with E-state index in [1.165, 1.54) is 43.3 Å². The Morgan fingerprint density at radius 3 is 2.44 bits per heavy atom. The number of benzene rings is 1. The Labute approximate surface area is 148 Å². The van der Waals surface area contributed by atoms with E-state index in [-0.39, 0.29) is 16.8 Å². The Balaban J connectivity index is 2.14. The highest BCUT2D eigenvalue weighted by molar-refractivity contribution is 7.92. The summed E-state index contributed by atoms with van der Waals surface area (Å²) in [5, 5.41) is 3.09. The lowest BCUT2D eigenvalue weighted by Gasteiger charge is -2.24. The third-order valence-electron chi connectivity index (χ3n) is 4.35. The molecule has 2 amide bonds. The molecule has 2 rings (SSSR count). The molecule has 1 unspecified atom stereocenters. The van der Waals surface area contributed by atoms with Crippen molar-refractivity contribution in [3.05, 3.63) is 29.8 Å². The van der Waals surface area contributed by atoms with E-state index in [4.69, 9.17) is 0 Å². The standard InChI is InChI=1S/C17H25N3O4S/c1-18-11-14-5-4-10-20(14)17(22)13-6-8-15(9-7-13)25(23,24)12-16(21)19(2)3/h6-9,14,18H,4-5,10-12H2,1-3H3. The van der Waals surface area contributed by atoms with Crippen LogP contribution in [0.15, 0.2) is 29.2 Å². The minimum Gasteiger partial charge on any atom is -0.348 e. The first-order valence-electron chi connectivity index (χ1n) is 8.25. The maximum Gasteiger partial charge on any atom is 0.254 e. The van der Waals surface area contributed by atoms with Crippen molar-refractivity contribution in [1.29, 1.82) is 0 Å². The molecule has 1 aliphatic heterocycles. The largest absolute Gasteiger partial charge is 0.348 e. The van der Waals surface area contributed by atoms with Crippen LogP contribution in [0, 0.1) is 0 Å². The molecule has 1 heterocycles. The maximum absolute atomic E-state index is 12.6. The molecule has 1 N–H and O–H groups in total. The van der Waals surface area contributed by atoms with Gasteiger partial charge >= 0.3 is 0 Å². The van der Waals surface area contributed by atoms with Crippen molar-refractivity contribution in [2.75, 3.05) is 40.0 Å². The molecule has 25 heavy (non-hydrogen) atoms. The quantitative estimate of drug-likeness (QED) is 0.785. The van der Waals surface area contributed by atoms with E-state index in [0.717, 1.165) is 19.4 Å². The molecule has 138 valence electrons. The number of hydrogen-bond donors (Lipinski definition) is 1. The predicted octanol–water partition coefficient (Wildman–Crippen LogP) is 0.373. The highest BCUT2D eigenvalue weighted by atomic mass is 32.2. The van der Waals surface area contributed by atoms with Gasteiger partial charge in [-0.3, -0.25) is 9.59 Å². The molecule has 0 radical (unpaired) electrons. The zero-order valence-electron chi connectivity index (χ0n) is 14.9. The molecule has 1 atom stereocenters. The number of likely N-dealkylation sites (N-methyl/N-ethyl adjacent to an activating group) is 1. The number of carbonyl (C=O) groups is 2. The number of hydrogen-bond acceptors (Lipinski definition) is 5. The molecule has 1 aromatic rings. The smallest absolute Gasteiger partial charge is 0.254 e. The van der Waals surface area contributed by atoms with Gasteiger partial charge in [0.2, 0.25) is 5.91 Å². The molecular weight excluding hydrogens is 342 g/mol. The highest BCUT2D eigenvalue weighted by Gasteiger charge is 2.29. The summed E-state index contributed by atoms with van der Waals surface area (Å²) in [6.07, 6.45) is 1.93. The first-order chi connectivity index (χ1) is 11.8. The topological polar surface area (TPSA) is 86.8 Å². The van der Waals surface area contributed by atoms with Crippen molar-refractivity contribution in [2.45, 2.75) is 23.8 Å². The van der Waals surface area contributed by atoms with E-state index in [1.807, 2.05) is 11.9 Å². The Hall–Kier alpha value is -1.93. The number of likely N-dealkylation sites (tertiary alicyclic amines) is 1. The summed E-state index contributed by atoms with van der Waals surface area (Å²) in [6, 6.07) is 6.00. The van der Waals surface area contributed by atoms with Crippen molar-refractivity contribution >= 4 is 21.7 Å². The number of rotatable bonds is 6. The molecule has 1 fully saturated rings. The van der Waals surface area contributed by atoms with Gasteiger partial charge in [-0.15, -0.1) is 0 Å². The molecule has 8 heteroatoms. The molecule has 0 spiro atoms. The van der Waals surface area contributed by atoms with Crippen LogP contribution >= 0.6 is 0 Å². The monoisotopic (exact) mass is 367 g/mol. The Bertz CT molecular complexity index is 729. The van der Waals surface area contributed by atoms with Gasteiger partial charge in [0.1, 0.15) is 5.75 Å². The van der Waals surface area contributed by atoms with Gasteiger partial charge in [-0.05, 0) is 44.2 Å². The fourth-order valence-corrected chi connectivity index (χ4v) is 4.20. The normalized spacial score (nSPS) is 17.6. The summed E-state index contributed by atoms with van der Waals surface area (Å²) in [5.41, 5.74) is 0.459. The van der Waals surface area contributed by atoms with Crippen LogP contribution < -0.4 is 5.32 Å². The second-order valence-electron chi connectivity index (χ2n) is 6.42. The summed E-state index contributed by atoms with van der Waals surface area (Å²) in [5.74, 6) is -1.15. The summed E-state index contributed by atoms with van der Waals surface area (Å²) in [4.78, 5) is 27.4. The van der Waals surface area contributed by atoms with E-state index < -0.39 is 21.5 Å². The van der Waals surface area contributed by atoms with E-state index in [0.29, 0.717) is 12.1 Å². The second kappa shape index (κ2) is 7.97. The fraction of sp³-hybridized carbons (Fsp3) is 0.529. The first kappa shape index (κ1) is 19.4.